The molecule has 2 aromatic carbocycles. The van der Waals surface area contributed by atoms with Crippen molar-refractivity contribution in [1.82, 2.24) is 0 Å². The second kappa shape index (κ2) is 7.36. The highest BCUT2D eigenvalue weighted by Crippen LogP contribution is 2.27. The molecule has 0 saturated carbocycles. The SMILES string of the molecule is COC(=O)C1CC(=O)N(c2ccc(S(=O)(=O)Nc3ccc(F)cc3)cc2)C1. The molecule has 0 radical (unpaired) electrons. The van der Waals surface area contributed by atoms with Gasteiger partial charge in [0.05, 0.1) is 17.9 Å². The molecular weight excluding hydrogens is 375 g/mol. The first kappa shape index (κ1) is 18.8. The van der Waals surface area contributed by atoms with Crippen molar-refractivity contribution in [2.24, 2.45) is 5.92 Å². The Bertz CT molecular complexity index is 958. The molecule has 2 aromatic rings. The van der Waals surface area contributed by atoms with Gasteiger partial charge in [-0.2, -0.15) is 0 Å². The normalized spacial score (nSPS) is 17.0. The summed E-state index contributed by atoms with van der Waals surface area (Å²) in [6.07, 6.45) is 0.0544. The Morgan fingerprint density at radius 3 is 2.37 bits per heavy atom. The highest BCUT2D eigenvalue weighted by atomic mass is 32.2. The Balaban J connectivity index is 1.76. The van der Waals surface area contributed by atoms with E-state index in [1.807, 2.05) is 0 Å². The predicted molar refractivity (Wildman–Crippen MR) is 96.1 cm³/mol. The van der Waals surface area contributed by atoms with E-state index in [0.29, 0.717) is 5.69 Å². The summed E-state index contributed by atoms with van der Waals surface area (Å²) in [5.74, 6) is -1.69. The van der Waals surface area contributed by atoms with Crippen molar-refractivity contribution in [3.05, 3.63) is 54.3 Å². The van der Waals surface area contributed by atoms with E-state index in [0.717, 1.165) is 12.1 Å². The average Bonchev–Trinajstić information content (AvgIpc) is 3.04. The van der Waals surface area contributed by atoms with Crippen LogP contribution in [0.1, 0.15) is 6.42 Å². The number of amides is 1. The van der Waals surface area contributed by atoms with Crippen LogP contribution in [0.25, 0.3) is 0 Å². The smallest absolute Gasteiger partial charge is 0.311 e. The molecule has 0 aromatic heterocycles. The molecule has 0 aliphatic carbocycles. The largest absolute Gasteiger partial charge is 0.469 e. The minimum atomic E-state index is -3.86. The van der Waals surface area contributed by atoms with Crippen LogP contribution >= 0.6 is 0 Å². The fourth-order valence-corrected chi connectivity index (χ4v) is 3.88. The van der Waals surface area contributed by atoms with Gasteiger partial charge in [0.2, 0.25) is 5.91 Å². The van der Waals surface area contributed by atoms with Crippen LogP contribution < -0.4 is 9.62 Å². The maximum atomic E-state index is 12.9. The van der Waals surface area contributed by atoms with E-state index < -0.39 is 27.7 Å². The lowest BCUT2D eigenvalue weighted by Crippen LogP contribution is -2.26. The topological polar surface area (TPSA) is 92.8 Å². The molecule has 1 aliphatic heterocycles. The van der Waals surface area contributed by atoms with Crippen molar-refractivity contribution in [3.63, 3.8) is 0 Å². The van der Waals surface area contributed by atoms with Gasteiger partial charge in [-0.1, -0.05) is 0 Å². The lowest BCUT2D eigenvalue weighted by Gasteiger charge is -2.17. The number of nitrogens with zero attached hydrogens (tertiary/aromatic N) is 1. The van der Waals surface area contributed by atoms with Gasteiger partial charge in [0.15, 0.2) is 0 Å². The first-order chi connectivity index (χ1) is 12.8. The Hall–Kier alpha value is -2.94. The number of rotatable bonds is 5. The number of methoxy groups -OCH3 is 1. The molecular formula is C18H17FN2O5S. The number of nitrogens with one attached hydrogen (secondary N) is 1. The second-order valence-electron chi connectivity index (χ2n) is 6.03. The molecule has 1 atom stereocenters. The average molecular weight is 392 g/mol. The second-order valence-corrected chi connectivity index (χ2v) is 7.72. The van der Waals surface area contributed by atoms with Gasteiger partial charge in [0.25, 0.3) is 10.0 Å². The van der Waals surface area contributed by atoms with Gasteiger partial charge in [0.1, 0.15) is 5.82 Å². The number of ether oxygens (including phenoxy) is 1. The molecule has 1 amide bonds. The number of hydrogen-bond donors (Lipinski definition) is 1. The number of esters is 1. The fourth-order valence-electron chi connectivity index (χ4n) is 2.82. The van der Waals surface area contributed by atoms with Crippen LogP contribution in [0.5, 0.6) is 0 Å². The van der Waals surface area contributed by atoms with E-state index in [4.69, 9.17) is 0 Å². The third-order valence-electron chi connectivity index (χ3n) is 4.21. The van der Waals surface area contributed by atoms with Gasteiger partial charge in [-0.05, 0) is 48.5 Å². The van der Waals surface area contributed by atoms with Crippen molar-refractivity contribution in [1.29, 1.82) is 0 Å². The van der Waals surface area contributed by atoms with Crippen molar-refractivity contribution in [3.8, 4) is 0 Å². The molecule has 7 nitrogen and oxygen atoms in total. The van der Waals surface area contributed by atoms with Gasteiger partial charge in [-0.25, -0.2) is 12.8 Å². The molecule has 1 N–H and O–H groups in total. The number of hydrogen-bond acceptors (Lipinski definition) is 5. The molecule has 27 heavy (non-hydrogen) atoms. The fraction of sp³-hybridized carbons (Fsp3) is 0.222. The maximum absolute atomic E-state index is 12.9. The quantitative estimate of drug-likeness (QED) is 0.787. The summed E-state index contributed by atoms with van der Waals surface area (Å²) in [6.45, 7) is 0.186. The van der Waals surface area contributed by atoms with E-state index in [2.05, 4.69) is 9.46 Å². The van der Waals surface area contributed by atoms with Crippen LogP contribution in [0.15, 0.2) is 53.4 Å². The first-order valence-electron chi connectivity index (χ1n) is 8.07. The Morgan fingerprint density at radius 2 is 1.78 bits per heavy atom. The van der Waals surface area contributed by atoms with Crippen molar-refractivity contribution in [2.45, 2.75) is 11.3 Å². The van der Waals surface area contributed by atoms with E-state index >= 15 is 0 Å². The standard InChI is InChI=1S/C18H17FN2O5S/c1-26-18(23)12-10-17(22)21(11-12)15-6-8-16(9-7-15)27(24,25)20-14-4-2-13(19)3-5-14/h2-9,12,20H,10-11H2,1H3. The number of sulfonamides is 1. The summed E-state index contributed by atoms with van der Waals surface area (Å²) in [5.41, 5.74) is 0.725. The van der Waals surface area contributed by atoms with Gasteiger partial charge in [-0.3, -0.25) is 14.3 Å². The Morgan fingerprint density at radius 1 is 1.15 bits per heavy atom. The highest BCUT2D eigenvalue weighted by molar-refractivity contribution is 7.92. The van der Waals surface area contributed by atoms with Crippen molar-refractivity contribution in [2.75, 3.05) is 23.3 Å². The summed E-state index contributed by atoms with van der Waals surface area (Å²) in [7, 11) is -2.59. The highest BCUT2D eigenvalue weighted by Gasteiger charge is 2.35. The van der Waals surface area contributed by atoms with Gasteiger partial charge >= 0.3 is 5.97 Å². The molecule has 1 fully saturated rings. The Kier molecular flexibility index (Phi) is 5.13. The molecule has 9 heteroatoms. The number of benzene rings is 2. The molecule has 3 rings (SSSR count). The van der Waals surface area contributed by atoms with Crippen molar-refractivity contribution >= 4 is 33.3 Å². The first-order valence-corrected chi connectivity index (χ1v) is 9.55. The number of carbonyl (C=O) groups is 2. The molecule has 0 spiro atoms. The predicted octanol–water partition coefficient (Wildman–Crippen LogP) is 2.15. The number of anilines is 2. The van der Waals surface area contributed by atoms with Crippen LogP contribution in [0.2, 0.25) is 0 Å². The minimum absolute atomic E-state index is 0.00765. The van der Waals surface area contributed by atoms with Crippen LogP contribution in [-0.2, 0) is 24.3 Å². The van der Waals surface area contributed by atoms with Crippen LogP contribution in [0.4, 0.5) is 15.8 Å². The minimum Gasteiger partial charge on any atom is -0.469 e. The molecule has 1 unspecified atom stereocenters. The molecule has 1 aliphatic rings. The van der Waals surface area contributed by atoms with Crippen LogP contribution in [0, 0.1) is 11.7 Å². The van der Waals surface area contributed by atoms with E-state index in [9.17, 15) is 22.4 Å². The van der Waals surface area contributed by atoms with E-state index in [1.54, 1.807) is 0 Å². The van der Waals surface area contributed by atoms with Crippen LogP contribution in [-0.4, -0.2) is 33.9 Å². The third-order valence-corrected chi connectivity index (χ3v) is 5.61. The maximum Gasteiger partial charge on any atom is 0.311 e. The molecule has 0 bridgehead atoms. The van der Waals surface area contributed by atoms with Gasteiger partial charge in [0, 0.05) is 24.3 Å². The van der Waals surface area contributed by atoms with Gasteiger partial charge < -0.3 is 9.64 Å². The number of halogens is 1. The van der Waals surface area contributed by atoms with Crippen LogP contribution in [0.3, 0.4) is 0 Å². The molecule has 142 valence electrons. The monoisotopic (exact) mass is 392 g/mol. The zero-order valence-electron chi connectivity index (χ0n) is 14.4. The van der Waals surface area contributed by atoms with Crippen molar-refractivity contribution < 1.29 is 27.1 Å². The van der Waals surface area contributed by atoms with E-state index in [-0.39, 0.29) is 29.5 Å². The lowest BCUT2D eigenvalue weighted by atomic mass is 10.1. The summed E-state index contributed by atoms with van der Waals surface area (Å²) in [5, 5.41) is 0. The van der Waals surface area contributed by atoms with Gasteiger partial charge in [-0.15, -0.1) is 0 Å². The molecule has 1 saturated heterocycles. The summed E-state index contributed by atoms with van der Waals surface area (Å²) < 4.78 is 44.8. The summed E-state index contributed by atoms with van der Waals surface area (Å²) >= 11 is 0. The molecule has 1 heterocycles. The summed E-state index contributed by atoms with van der Waals surface area (Å²) in [4.78, 5) is 25.1. The number of carbonyl (C=O) groups excluding carboxylic acids is 2. The lowest BCUT2D eigenvalue weighted by molar-refractivity contribution is -0.145. The Labute approximate surface area is 155 Å². The summed E-state index contributed by atoms with van der Waals surface area (Å²) in [6, 6.07) is 10.6. The zero-order valence-corrected chi connectivity index (χ0v) is 15.2. The van der Waals surface area contributed by atoms with E-state index in [1.165, 1.54) is 48.4 Å². The third kappa shape index (κ3) is 4.08. The zero-order chi connectivity index (χ0) is 19.6.